The minimum atomic E-state index is -0.210. The molecule has 3 atom stereocenters. The third kappa shape index (κ3) is 9.61. The van der Waals surface area contributed by atoms with Crippen LogP contribution in [0.25, 0.3) is 0 Å². The molecule has 0 spiro atoms. The Morgan fingerprint density at radius 1 is 0.976 bits per heavy atom. The zero-order chi connectivity index (χ0) is 29.5. The van der Waals surface area contributed by atoms with Crippen LogP contribution in [0.3, 0.4) is 0 Å². The molecule has 0 fully saturated rings. The SMILES string of the molecule is CCCC(=O)C(C)CCCCCC/C=C\C[C@@H]1c2ccc(OCOC)cc2OC[C@]1(C)c1ccc(OCOC)cc1. The number of carbonyl (C=O) groups is 1. The molecule has 1 heterocycles. The molecule has 1 aliphatic heterocycles. The molecule has 0 bridgehead atoms. The lowest BCUT2D eigenvalue weighted by Crippen LogP contribution is -2.40. The van der Waals surface area contributed by atoms with Gasteiger partial charge in [0.15, 0.2) is 13.6 Å². The molecule has 3 rings (SSSR count). The predicted octanol–water partition coefficient (Wildman–Crippen LogP) is 8.38. The van der Waals surface area contributed by atoms with Crippen molar-refractivity contribution in [2.24, 2.45) is 5.92 Å². The Labute approximate surface area is 247 Å². The van der Waals surface area contributed by atoms with Crippen LogP contribution < -0.4 is 14.2 Å². The minimum Gasteiger partial charge on any atom is -0.492 e. The standard InChI is InChI=1S/C35H50O6/c1-6-14-33(36)27(2)15-12-10-8-7-9-11-13-16-32-31-22-21-30(41-26-38-5)23-34(31)39-24-35(32,3)28-17-19-29(20-18-28)40-25-37-4/h11,13,17-23,27,32H,6-10,12,14-16,24-26H2,1-5H3/b13-11-/t27?,32-,35-/m1/s1. The van der Waals surface area contributed by atoms with Gasteiger partial charge in [0.25, 0.3) is 0 Å². The molecule has 2 aromatic carbocycles. The van der Waals surface area contributed by atoms with E-state index in [-0.39, 0.29) is 30.8 Å². The molecule has 0 amide bonds. The zero-order valence-electron chi connectivity index (χ0n) is 25.8. The molecule has 41 heavy (non-hydrogen) atoms. The van der Waals surface area contributed by atoms with Gasteiger partial charge in [0.2, 0.25) is 0 Å². The number of benzene rings is 2. The molecule has 0 saturated carbocycles. The molecule has 1 unspecified atom stereocenters. The second-order valence-electron chi connectivity index (χ2n) is 11.4. The number of hydrogen-bond acceptors (Lipinski definition) is 6. The molecule has 0 radical (unpaired) electrons. The summed E-state index contributed by atoms with van der Waals surface area (Å²) in [4.78, 5) is 12.0. The van der Waals surface area contributed by atoms with Gasteiger partial charge in [-0.05, 0) is 61.4 Å². The summed E-state index contributed by atoms with van der Waals surface area (Å²) in [5, 5.41) is 0. The van der Waals surface area contributed by atoms with Crippen LogP contribution in [0.4, 0.5) is 0 Å². The monoisotopic (exact) mass is 566 g/mol. The van der Waals surface area contributed by atoms with Gasteiger partial charge in [-0.3, -0.25) is 4.79 Å². The Morgan fingerprint density at radius 3 is 2.37 bits per heavy atom. The van der Waals surface area contributed by atoms with E-state index in [1.807, 2.05) is 24.3 Å². The third-order valence-corrected chi connectivity index (χ3v) is 8.20. The van der Waals surface area contributed by atoms with E-state index in [0.29, 0.717) is 12.4 Å². The molecule has 226 valence electrons. The fourth-order valence-electron chi connectivity index (χ4n) is 5.62. The van der Waals surface area contributed by atoms with Gasteiger partial charge >= 0.3 is 0 Å². The molecule has 2 aromatic rings. The maximum atomic E-state index is 12.0. The van der Waals surface area contributed by atoms with Crippen molar-refractivity contribution in [3.05, 3.63) is 65.7 Å². The van der Waals surface area contributed by atoms with Crippen LogP contribution in [0.15, 0.2) is 54.6 Å². The average molecular weight is 567 g/mol. The van der Waals surface area contributed by atoms with Crippen molar-refractivity contribution in [2.75, 3.05) is 34.4 Å². The highest BCUT2D eigenvalue weighted by atomic mass is 16.7. The number of ether oxygens (including phenoxy) is 5. The first-order valence-electron chi connectivity index (χ1n) is 15.2. The molecule has 0 saturated heterocycles. The number of Topliss-reactive ketones (excluding diaryl/α,β-unsaturated/α-hetero) is 1. The van der Waals surface area contributed by atoms with E-state index in [0.717, 1.165) is 55.8 Å². The van der Waals surface area contributed by atoms with Crippen LogP contribution >= 0.6 is 0 Å². The largest absolute Gasteiger partial charge is 0.492 e. The fourth-order valence-corrected chi connectivity index (χ4v) is 5.62. The Balaban J connectivity index is 1.63. The quantitative estimate of drug-likeness (QED) is 0.0967. The summed E-state index contributed by atoms with van der Waals surface area (Å²) in [6.07, 6.45) is 14.1. The molecule has 0 aliphatic carbocycles. The van der Waals surface area contributed by atoms with E-state index in [9.17, 15) is 4.79 Å². The minimum absolute atomic E-state index is 0.205. The number of fused-ring (bicyclic) bond motifs is 1. The van der Waals surface area contributed by atoms with Crippen molar-refractivity contribution in [3.63, 3.8) is 0 Å². The van der Waals surface area contributed by atoms with Crippen LogP contribution in [0.1, 0.15) is 95.6 Å². The fraction of sp³-hybridized carbons (Fsp3) is 0.571. The van der Waals surface area contributed by atoms with Crippen molar-refractivity contribution < 1.29 is 28.5 Å². The maximum absolute atomic E-state index is 12.0. The van der Waals surface area contributed by atoms with Gasteiger partial charge in [-0.25, -0.2) is 0 Å². The Kier molecular flexibility index (Phi) is 13.7. The highest BCUT2D eigenvalue weighted by Crippen LogP contribution is 2.49. The lowest BCUT2D eigenvalue weighted by molar-refractivity contribution is -0.122. The van der Waals surface area contributed by atoms with Crippen molar-refractivity contribution in [1.29, 1.82) is 0 Å². The van der Waals surface area contributed by atoms with Crippen LogP contribution in [0, 0.1) is 5.92 Å². The van der Waals surface area contributed by atoms with Crippen molar-refractivity contribution in [3.8, 4) is 17.2 Å². The Morgan fingerprint density at radius 2 is 1.66 bits per heavy atom. The summed E-state index contributed by atoms with van der Waals surface area (Å²) in [6, 6.07) is 14.4. The van der Waals surface area contributed by atoms with Crippen LogP contribution in [-0.2, 0) is 19.7 Å². The number of carbonyl (C=O) groups excluding carboxylic acids is 1. The van der Waals surface area contributed by atoms with Gasteiger partial charge in [-0.2, -0.15) is 0 Å². The number of unbranched alkanes of at least 4 members (excludes halogenated alkanes) is 4. The summed E-state index contributed by atoms with van der Waals surface area (Å²) in [6.45, 7) is 7.46. The number of hydrogen-bond donors (Lipinski definition) is 0. The molecule has 0 N–H and O–H groups in total. The van der Waals surface area contributed by atoms with Gasteiger partial charge in [0.05, 0.1) is 6.61 Å². The van der Waals surface area contributed by atoms with Crippen LogP contribution in [-0.4, -0.2) is 40.2 Å². The number of methoxy groups -OCH3 is 2. The van der Waals surface area contributed by atoms with E-state index >= 15 is 0 Å². The Hall–Kier alpha value is -2.83. The highest BCUT2D eigenvalue weighted by Gasteiger charge is 2.42. The van der Waals surface area contributed by atoms with Crippen LogP contribution in [0.2, 0.25) is 0 Å². The van der Waals surface area contributed by atoms with Gasteiger partial charge < -0.3 is 23.7 Å². The van der Waals surface area contributed by atoms with E-state index in [1.54, 1.807) is 14.2 Å². The van der Waals surface area contributed by atoms with E-state index in [2.05, 4.69) is 51.1 Å². The molecular formula is C35H50O6. The predicted molar refractivity (Wildman–Crippen MR) is 164 cm³/mol. The molecule has 1 aliphatic rings. The molecule has 6 heteroatoms. The van der Waals surface area contributed by atoms with Gasteiger partial charge in [0.1, 0.15) is 23.0 Å². The van der Waals surface area contributed by atoms with Gasteiger partial charge in [-0.1, -0.05) is 70.4 Å². The lowest BCUT2D eigenvalue weighted by atomic mass is 9.66. The second kappa shape index (κ2) is 17.2. The maximum Gasteiger partial charge on any atom is 0.188 e. The topological polar surface area (TPSA) is 63.2 Å². The summed E-state index contributed by atoms with van der Waals surface area (Å²) < 4.78 is 27.7. The summed E-state index contributed by atoms with van der Waals surface area (Å²) >= 11 is 0. The van der Waals surface area contributed by atoms with Crippen molar-refractivity contribution in [2.45, 2.75) is 89.9 Å². The number of rotatable bonds is 19. The van der Waals surface area contributed by atoms with E-state index < -0.39 is 0 Å². The average Bonchev–Trinajstić information content (AvgIpc) is 2.99. The second-order valence-corrected chi connectivity index (χ2v) is 11.4. The summed E-state index contributed by atoms with van der Waals surface area (Å²) in [5.41, 5.74) is 2.20. The van der Waals surface area contributed by atoms with Crippen LogP contribution in [0.5, 0.6) is 17.2 Å². The zero-order valence-corrected chi connectivity index (χ0v) is 25.8. The molecule has 6 nitrogen and oxygen atoms in total. The van der Waals surface area contributed by atoms with Gasteiger partial charge in [-0.15, -0.1) is 0 Å². The molecule has 0 aromatic heterocycles. The first-order valence-corrected chi connectivity index (χ1v) is 15.2. The van der Waals surface area contributed by atoms with Crippen molar-refractivity contribution >= 4 is 5.78 Å². The third-order valence-electron chi connectivity index (χ3n) is 8.20. The lowest BCUT2D eigenvalue weighted by Gasteiger charge is -2.42. The van der Waals surface area contributed by atoms with E-state index in [4.69, 9.17) is 23.7 Å². The number of ketones is 1. The Bertz CT molecular complexity index is 1080. The normalized spacial score (nSPS) is 19.0. The number of allylic oxidation sites excluding steroid dienone is 2. The molecular weight excluding hydrogens is 516 g/mol. The van der Waals surface area contributed by atoms with Crippen molar-refractivity contribution in [1.82, 2.24) is 0 Å². The first-order chi connectivity index (χ1) is 19.9. The summed E-state index contributed by atoms with van der Waals surface area (Å²) in [7, 11) is 3.24. The van der Waals surface area contributed by atoms with Gasteiger partial charge in [0, 0.05) is 44.0 Å². The smallest absolute Gasteiger partial charge is 0.188 e. The first kappa shape index (κ1) is 32.7. The van der Waals surface area contributed by atoms with E-state index in [1.165, 1.54) is 30.4 Å². The summed E-state index contributed by atoms with van der Waals surface area (Å²) in [5.74, 6) is 3.28. The highest BCUT2D eigenvalue weighted by molar-refractivity contribution is 5.80.